The van der Waals surface area contributed by atoms with Crippen molar-refractivity contribution in [3.8, 4) is 0 Å². The van der Waals surface area contributed by atoms with E-state index >= 15 is 0 Å². The zero-order valence-corrected chi connectivity index (χ0v) is 12.4. The van der Waals surface area contributed by atoms with E-state index in [-0.39, 0.29) is 12.1 Å². The van der Waals surface area contributed by atoms with Crippen LogP contribution in [0.4, 0.5) is 0 Å². The largest absolute Gasteiger partial charge is 0.393 e. The quantitative estimate of drug-likeness (QED) is 0.594. The van der Waals surface area contributed by atoms with Gasteiger partial charge >= 0.3 is 0 Å². The van der Waals surface area contributed by atoms with E-state index in [0.29, 0.717) is 6.54 Å². The van der Waals surface area contributed by atoms with E-state index in [9.17, 15) is 5.11 Å². The molecule has 0 spiro atoms. The normalized spacial score (nSPS) is 14.0. The molecule has 0 bridgehead atoms. The van der Waals surface area contributed by atoms with E-state index < -0.39 is 6.10 Å². The second-order valence-electron chi connectivity index (χ2n) is 5.60. The van der Waals surface area contributed by atoms with Crippen molar-refractivity contribution in [2.75, 3.05) is 13.2 Å². The number of hydrogen-bond acceptors (Lipinski definition) is 4. The fourth-order valence-corrected chi connectivity index (χ4v) is 1.41. The molecule has 1 aromatic rings. The Balaban J connectivity index is 2.17. The highest BCUT2D eigenvalue weighted by atomic mass is 16.6. The summed E-state index contributed by atoms with van der Waals surface area (Å²) >= 11 is 0. The average Bonchev–Trinajstić information content (AvgIpc) is 2.41. The molecule has 0 saturated heterocycles. The number of oxime groups is 1. The minimum atomic E-state index is -0.565. The van der Waals surface area contributed by atoms with Crippen molar-refractivity contribution in [3.63, 3.8) is 0 Å². The van der Waals surface area contributed by atoms with Crippen LogP contribution in [0.1, 0.15) is 26.3 Å². The van der Waals surface area contributed by atoms with Crippen LogP contribution < -0.4 is 5.32 Å². The van der Waals surface area contributed by atoms with Gasteiger partial charge in [0, 0.05) is 12.1 Å². The predicted molar refractivity (Wildman–Crippen MR) is 83.7 cm³/mol. The molecule has 0 aliphatic rings. The van der Waals surface area contributed by atoms with Gasteiger partial charge < -0.3 is 15.3 Å². The smallest absolute Gasteiger partial charge is 0.144 e. The van der Waals surface area contributed by atoms with Gasteiger partial charge in [-0.25, -0.2) is 0 Å². The van der Waals surface area contributed by atoms with E-state index in [4.69, 9.17) is 4.84 Å². The van der Waals surface area contributed by atoms with Gasteiger partial charge in [-0.1, -0.05) is 41.6 Å². The molecular weight excluding hydrogens is 252 g/mol. The number of allylic oxidation sites excluding steroid dienone is 1. The molecule has 4 nitrogen and oxygen atoms in total. The van der Waals surface area contributed by atoms with Crippen LogP contribution in [0.15, 0.2) is 41.6 Å². The minimum absolute atomic E-state index is 0.0112. The summed E-state index contributed by atoms with van der Waals surface area (Å²) in [4.78, 5) is 5.03. The van der Waals surface area contributed by atoms with Crippen LogP contribution in [0.5, 0.6) is 0 Å². The maximum Gasteiger partial charge on any atom is 0.144 e. The third kappa shape index (κ3) is 8.45. The highest BCUT2D eigenvalue weighted by Crippen LogP contribution is 2.00. The lowest BCUT2D eigenvalue weighted by molar-refractivity contribution is 0.0380. The van der Waals surface area contributed by atoms with Crippen molar-refractivity contribution in [2.24, 2.45) is 5.16 Å². The first-order valence-electron chi connectivity index (χ1n) is 6.77. The Hall–Kier alpha value is -1.65. The van der Waals surface area contributed by atoms with Gasteiger partial charge in [-0.05, 0) is 32.4 Å². The molecule has 0 amide bonds. The lowest BCUT2D eigenvalue weighted by Crippen LogP contribution is -2.42. The van der Waals surface area contributed by atoms with Crippen LogP contribution in [-0.2, 0) is 4.84 Å². The third-order valence-electron chi connectivity index (χ3n) is 2.44. The van der Waals surface area contributed by atoms with Crippen LogP contribution in [0.2, 0.25) is 0 Å². The molecule has 1 aromatic carbocycles. The van der Waals surface area contributed by atoms with Gasteiger partial charge in [0.2, 0.25) is 0 Å². The van der Waals surface area contributed by atoms with Gasteiger partial charge in [0.1, 0.15) is 12.7 Å². The number of aliphatic hydroxyl groups is 1. The average molecular weight is 276 g/mol. The molecule has 0 aromatic heterocycles. The van der Waals surface area contributed by atoms with Crippen molar-refractivity contribution in [1.82, 2.24) is 5.32 Å². The van der Waals surface area contributed by atoms with Gasteiger partial charge in [-0.15, -0.1) is 0 Å². The Bertz CT molecular complexity index is 422. The number of aliphatic hydroxyl groups excluding tert-OH is 1. The molecule has 0 heterocycles. The van der Waals surface area contributed by atoms with Crippen LogP contribution >= 0.6 is 0 Å². The molecule has 0 aliphatic carbocycles. The third-order valence-corrected chi connectivity index (χ3v) is 2.44. The monoisotopic (exact) mass is 276 g/mol. The Morgan fingerprint density at radius 2 is 2.00 bits per heavy atom. The summed E-state index contributed by atoms with van der Waals surface area (Å²) in [6.07, 6.45) is 4.74. The highest BCUT2D eigenvalue weighted by Gasteiger charge is 2.12. The molecule has 0 fully saturated rings. The van der Waals surface area contributed by atoms with Crippen molar-refractivity contribution in [1.29, 1.82) is 0 Å². The Morgan fingerprint density at radius 1 is 1.30 bits per heavy atom. The van der Waals surface area contributed by atoms with Crippen LogP contribution in [0.3, 0.4) is 0 Å². The van der Waals surface area contributed by atoms with Crippen molar-refractivity contribution in [3.05, 3.63) is 42.0 Å². The second kappa shape index (κ2) is 8.51. The van der Waals surface area contributed by atoms with E-state index in [1.807, 2.05) is 57.2 Å². The number of β-amino-alcohol motifs (C(OH)–C–C–N with tert-alkyl or cyclic N) is 1. The molecule has 1 unspecified atom stereocenters. The minimum Gasteiger partial charge on any atom is -0.393 e. The van der Waals surface area contributed by atoms with E-state index in [2.05, 4.69) is 10.5 Å². The first-order chi connectivity index (χ1) is 9.47. The van der Waals surface area contributed by atoms with Crippen LogP contribution in [0, 0.1) is 0 Å². The maximum atomic E-state index is 9.67. The summed E-state index contributed by atoms with van der Waals surface area (Å²) in [6.45, 7) is 6.81. The molecule has 2 N–H and O–H groups in total. The standard InChI is InChI=1S/C16H24N2O2/c1-16(2,3)17-12-15(19)13-20-18-11-7-10-14-8-5-4-6-9-14/h4-11,15,17,19H,12-13H2,1-3H3/b10-7+,18-11+. The summed E-state index contributed by atoms with van der Waals surface area (Å²) in [7, 11) is 0. The van der Waals surface area contributed by atoms with Gasteiger partial charge in [-0.2, -0.15) is 0 Å². The first-order valence-corrected chi connectivity index (χ1v) is 6.77. The molecule has 20 heavy (non-hydrogen) atoms. The fraction of sp³-hybridized carbons (Fsp3) is 0.438. The fourth-order valence-electron chi connectivity index (χ4n) is 1.41. The highest BCUT2D eigenvalue weighted by molar-refractivity contribution is 5.77. The number of nitrogens with one attached hydrogen (secondary N) is 1. The van der Waals surface area contributed by atoms with Crippen molar-refractivity contribution >= 4 is 12.3 Å². The number of rotatable bonds is 7. The summed E-state index contributed by atoms with van der Waals surface area (Å²) in [5.41, 5.74) is 1.09. The molecule has 0 radical (unpaired) electrons. The molecular formula is C16H24N2O2. The first kappa shape index (κ1) is 16.4. The van der Waals surface area contributed by atoms with Gasteiger partial charge in [0.25, 0.3) is 0 Å². The SMILES string of the molecule is CC(C)(C)NCC(O)CO/N=C/C=C/c1ccccc1. The number of benzene rings is 1. The van der Waals surface area contributed by atoms with Gasteiger partial charge in [0.05, 0.1) is 6.21 Å². The number of hydrogen-bond donors (Lipinski definition) is 2. The Labute approximate surface area is 121 Å². The summed E-state index contributed by atoms with van der Waals surface area (Å²) < 4.78 is 0. The second-order valence-corrected chi connectivity index (χ2v) is 5.60. The Kier molecular flexibility index (Phi) is 6.98. The van der Waals surface area contributed by atoms with E-state index in [1.54, 1.807) is 12.3 Å². The summed E-state index contributed by atoms with van der Waals surface area (Å²) in [5, 5.41) is 16.6. The predicted octanol–water partition coefficient (Wildman–Crippen LogP) is 2.45. The summed E-state index contributed by atoms with van der Waals surface area (Å²) in [5.74, 6) is 0. The number of nitrogens with zero attached hydrogens (tertiary/aromatic N) is 1. The molecule has 4 heteroatoms. The molecule has 1 atom stereocenters. The molecule has 0 saturated carbocycles. The summed E-state index contributed by atoms with van der Waals surface area (Å²) in [6, 6.07) is 9.94. The Morgan fingerprint density at radius 3 is 2.65 bits per heavy atom. The molecule has 110 valence electrons. The van der Waals surface area contributed by atoms with E-state index in [0.717, 1.165) is 5.56 Å². The maximum absolute atomic E-state index is 9.67. The zero-order valence-electron chi connectivity index (χ0n) is 12.4. The lowest BCUT2D eigenvalue weighted by atomic mass is 10.1. The lowest BCUT2D eigenvalue weighted by Gasteiger charge is -2.22. The van der Waals surface area contributed by atoms with Gasteiger partial charge in [-0.3, -0.25) is 0 Å². The van der Waals surface area contributed by atoms with Crippen molar-refractivity contribution in [2.45, 2.75) is 32.4 Å². The zero-order chi connectivity index (χ0) is 14.8. The molecule has 1 rings (SSSR count). The van der Waals surface area contributed by atoms with Crippen LogP contribution in [0.25, 0.3) is 6.08 Å². The van der Waals surface area contributed by atoms with Crippen LogP contribution in [-0.4, -0.2) is 36.1 Å². The topological polar surface area (TPSA) is 53.8 Å². The van der Waals surface area contributed by atoms with Crippen molar-refractivity contribution < 1.29 is 9.94 Å². The van der Waals surface area contributed by atoms with Gasteiger partial charge in [0.15, 0.2) is 0 Å². The molecule has 0 aliphatic heterocycles. The van der Waals surface area contributed by atoms with E-state index in [1.165, 1.54) is 0 Å².